The van der Waals surface area contributed by atoms with Crippen LogP contribution in [0.3, 0.4) is 0 Å². The minimum atomic E-state index is -0.156. The van der Waals surface area contributed by atoms with Gasteiger partial charge in [0.15, 0.2) is 0 Å². The lowest BCUT2D eigenvalue weighted by atomic mass is 9.96. The van der Waals surface area contributed by atoms with Crippen molar-refractivity contribution >= 4 is 0 Å². The molecule has 0 radical (unpaired) electrons. The largest absolute Gasteiger partial charge is 0.393 e. The highest BCUT2D eigenvalue weighted by Gasteiger charge is 2.29. The van der Waals surface area contributed by atoms with E-state index in [9.17, 15) is 5.11 Å². The fourth-order valence-corrected chi connectivity index (χ4v) is 3.38. The fourth-order valence-electron chi connectivity index (χ4n) is 3.38. The van der Waals surface area contributed by atoms with E-state index in [0.717, 1.165) is 38.1 Å². The van der Waals surface area contributed by atoms with Crippen LogP contribution in [0.15, 0.2) is 0 Å². The molecule has 1 aliphatic carbocycles. The quantitative estimate of drug-likeness (QED) is 0.804. The zero-order valence-electron chi connectivity index (χ0n) is 12.7. The third-order valence-corrected chi connectivity index (χ3v) is 4.74. The molecule has 3 heteroatoms. The highest BCUT2D eigenvalue weighted by atomic mass is 16.5. The molecular weight excluding hydrogens is 238 g/mol. The van der Waals surface area contributed by atoms with E-state index >= 15 is 0 Å². The van der Waals surface area contributed by atoms with Crippen LogP contribution in [0.25, 0.3) is 0 Å². The molecule has 112 valence electrons. The number of hydrogen-bond acceptors (Lipinski definition) is 3. The third-order valence-electron chi connectivity index (χ3n) is 4.74. The van der Waals surface area contributed by atoms with E-state index in [1.54, 1.807) is 0 Å². The Bertz CT molecular complexity index is 251. The van der Waals surface area contributed by atoms with Gasteiger partial charge in [-0.2, -0.15) is 0 Å². The molecule has 2 unspecified atom stereocenters. The average Bonchev–Trinajstić information content (AvgIpc) is 2.90. The number of aliphatic hydroxyl groups excluding tert-OH is 1. The first-order valence-corrected chi connectivity index (χ1v) is 8.16. The third kappa shape index (κ3) is 4.73. The Kier molecular flexibility index (Phi) is 6.11. The predicted molar refractivity (Wildman–Crippen MR) is 78.2 cm³/mol. The minimum absolute atomic E-state index is 0.156. The molecule has 3 nitrogen and oxygen atoms in total. The molecule has 1 saturated heterocycles. The summed E-state index contributed by atoms with van der Waals surface area (Å²) in [5, 5.41) is 10.1. The van der Waals surface area contributed by atoms with Crippen molar-refractivity contribution in [2.75, 3.05) is 26.3 Å². The zero-order chi connectivity index (χ0) is 13.7. The molecule has 1 heterocycles. The summed E-state index contributed by atoms with van der Waals surface area (Å²) in [6.07, 6.45) is 7.38. The molecule has 1 aliphatic heterocycles. The van der Waals surface area contributed by atoms with E-state index in [4.69, 9.17) is 4.74 Å². The Morgan fingerprint density at radius 2 is 1.95 bits per heavy atom. The molecule has 0 amide bonds. The molecule has 19 heavy (non-hydrogen) atoms. The molecule has 1 N–H and O–H groups in total. The second-order valence-corrected chi connectivity index (χ2v) is 6.81. The highest BCUT2D eigenvalue weighted by molar-refractivity contribution is 4.82. The van der Waals surface area contributed by atoms with E-state index in [2.05, 4.69) is 18.7 Å². The molecule has 0 aromatic heterocycles. The Balaban J connectivity index is 1.87. The molecule has 0 spiro atoms. The van der Waals surface area contributed by atoms with Crippen LogP contribution < -0.4 is 0 Å². The summed E-state index contributed by atoms with van der Waals surface area (Å²) in [6.45, 7) is 8.28. The summed E-state index contributed by atoms with van der Waals surface area (Å²) in [4.78, 5) is 2.65. The molecule has 2 aliphatic rings. The number of rotatable bonds is 6. The van der Waals surface area contributed by atoms with Crippen LogP contribution in [0.2, 0.25) is 0 Å². The topological polar surface area (TPSA) is 32.7 Å². The lowest BCUT2D eigenvalue weighted by Crippen LogP contribution is -2.44. The lowest BCUT2D eigenvalue weighted by Gasteiger charge is -2.36. The van der Waals surface area contributed by atoms with E-state index in [-0.39, 0.29) is 6.10 Å². The van der Waals surface area contributed by atoms with Gasteiger partial charge in [-0.25, -0.2) is 0 Å². The van der Waals surface area contributed by atoms with Crippen molar-refractivity contribution in [2.45, 2.75) is 64.5 Å². The Morgan fingerprint density at radius 3 is 2.58 bits per heavy atom. The van der Waals surface area contributed by atoms with Gasteiger partial charge in [-0.1, -0.05) is 26.7 Å². The summed E-state index contributed by atoms with van der Waals surface area (Å²) < 4.78 is 5.55. The summed E-state index contributed by atoms with van der Waals surface area (Å²) in [5.41, 5.74) is 0. The van der Waals surface area contributed by atoms with Gasteiger partial charge in [-0.3, -0.25) is 4.90 Å². The van der Waals surface area contributed by atoms with Gasteiger partial charge in [-0.05, 0) is 38.1 Å². The Labute approximate surface area is 118 Å². The van der Waals surface area contributed by atoms with Crippen LogP contribution in [0.1, 0.15) is 52.4 Å². The first-order valence-electron chi connectivity index (χ1n) is 8.16. The first-order chi connectivity index (χ1) is 9.16. The smallest absolute Gasteiger partial charge is 0.0624 e. The van der Waals surface area contributed by atoms with E-state index < -0.39 is 0 Å². The van der Waals surface area contributed by atoms with Gasteiger partial charge in [0.1, 0.15) is 0 Å². The van der Waals surface area contributed by atoms with Gasteiger partial charge in [0.25, 0.3) is 0 Å². The number of ether oxygens (including phenoxy) is 1. The van der Waals surface area contributed by atoms with E-state index in [0.29, 0.717) is 5.92 Å². The van der Waals surface area contributed by atoms with Crippen LogP contribution in [-0.4, -0.2) is 48.5 Å². The van der Waals surface area contributed by atoms with Crippen LogP contribution in [0.5, 0.6) is 0 Å². The maximum Gasteiger partial charge on any atom is 0.0624 e. The van der Waals surface area contributed by atoms with E-state index in [1.165, 1.54) is 38.6 Å². The van der Waals surface area contributed by atoms with Crippen molar-refractivity contribution in [3.05, 3.63) is 0 Å². The highest BCUT2D eigenvalue weighted by Crippen LogP contribution is 2.26. The van der Waals surface area contributed by atoms with Crippen LogP contribution in [0, 0.1) is 11.8 Å². The standard InChI is InChI=1S/C16H31NO2/c1-13(2)7-9-17(15-5-3-4-6-15)11-14-12-19-10-8-16(14)18/h13-16,18H,3-12H2,1-2H3. The molecule has 0 aromatic rings. The molecule has 2 rings (SSSR count). The van der Waals surface area contributed by atoms with Crippen molar-refractivity contribution in [3.63, 3.8) is 0 Å². The van der Waals surface area contributed by atoms with Crippen molar-refractivity contribution in [2.24, 2.45) is 11.8 Å². The number of hydrogen-bond donors (Lipinski definition) is 1. The molecular formula is C16H31NO2. The predicted octanol–water partition coefficient (Wildman–Crippen LogP) is 2.67. The second-order valence-electron chi connectivity index (χ2n) is 6.81. The van der Waals surface area contributed by atoms with Crippen molar-refractivity contribution in [1.29, 1.82) is 0 Å². The zero-order valence-corrected chi connectivity index (χ0v) is 12.7. The van der Waals surface area contributed by atoms with Gasteiger partial charge in [0, 0.05) is 25.1 Å². The van der Waals surface area contributed by atoms with Gasteiger partial charge in [0.2, 0.25) is 0 Å². The van der Waals surface area contributed by atoms with Gasteiger partial charge >= 0.3 is 0 Å². The SMILES string of the molecule is CC(C)CCN(CC1COCCC1O)C1CCCC1. The monoisotopic (exact) mass is 269 g/mol. The molecule has 2 fully saturated rings. The molecule has 0 bridgehead atoms. The normalized spacial score (nSPS) is 29.5. The summed E-state index contributed by atoms with van der Waals surface area (Å²) in [6, 6.07) is 0.757. The summed E-state index contributed by atoms with van der Waals surface area (Å²) in [5.74, 6) is 1.08. The van der Waals surface area contributed by atoms with Crippen LogP contribution in [-0.2, 0) is 4.74 Å². The maximum absolute atomic E-state index is 10.1. The van der Waals surface area contributed by atoms with Gasteiger partial charge in [0.05, 0.1) is 12.7 Å². The minimum Gasteiger partial charge on any atom is -0.393 e. The first kappa shape index (κ1) is 15.3. The average molecular weight is 269 g/mol. The van der Waals surface area contributed by atoms with Crippen LogP contribution in [0.4, 0.5) is 0 Å². The summed E-state index contributed by atoms with van der Waals surface area (Å²) >= 11 is 0. The molecule has 0 aromatic carbocycles. The summed E-state index contributed by atoms with van der Waals surface area (Å²) in [7, 11) is 0. The lowest BCUT2D eigenvalue weighted by molar-refractivity contribution is -0.0507. The molecule has 2 atom stereocenters. The van der Waals surface area contributed by atoms with Crippen LogP contribution >= 0.6 is 0 Å². The van der Waals surface area contributed by atoms with Crippen molar-refractivity contribution < 1.29 is 9.84 Å². The number of aliphatic hydroxyl groups is 1. The number of nitrogens with zero attached hydrogens (tertiary/aromatic N) is 1. The van der Waals surface area contributed by atoms with E-state index in [1.807, 2.05) is 0 Å². The fraction of sp³-hybridized carbons (Fsp3) is 1.00. The van der Waals surface area contributed by atoms with Gasteiger partial charge < -0.3 is 9.84 Å². The van der Waals surface area contributed by atoms with Gasteiger partial charge in [-0.15, -0.1) is 0 Å². The molecule has 1 saturated carbocycles. The van der Waals surface area contributed by atoms with Crippen molar-refractivity contribution in [3.8, 4) is 0 Å². The van der Waals surface area contributed by atoms with Crippen molar-refractivity contribution in [1.82, 2.24) is 4.90 Å². The Morgan fingerprint density at radius 1 is 1.21 bits per heavy atom. The maximum atomic E-state index is 10.1. The Hall–Kier alpha value is -0.120. The second kappa shape index (κ2) is 7.61.